The number of nitro groups is 1. The third kappa shape index (κ3) is 4.81. The number of carbonyl (C=O) groups excluding carboxylic acids is 1. The molecule has 0 aliphatic carbocycles. The van der Waals surface area contributed by atoms with Crippen LogP contribution in [0, 0.1) is 16.0 Å². The number of carbonyl (C=O) groups is 1. The molecule has 1 aromatic carbocycles. The molecule has 1 aliphatic rings. The van der Waals surface area contributed by atoms with Gasteiger partial charge in [-0.25, -0.2) is 0 Å². The average molecular weight is 429 g/mol. The molecule has 3 rings (SSSR count). The Bertz CT molecular complexity index is 910. The maximum atomic E-state index is 12.9. The molecule has 12 heteroatoms. The van der Waals surface area contributed by atoms with Crippen molar-refractivity contribution in [3.05, 3.63) is 38.9 Å². The summed E-state index contributed by atoms with van der Waals surface area (Å²) in [7, 11) is 0. The summed E-state index contributed by atoms with van der Waals surface area (Å²) in [5.41, 5.74) is -1.53. The zero-order valence-electron chi connectivity index (χ0n) is 15.4. The minimum Gasteiger partial charge on any atom is -0.366 e. The average Bonchev–Trinajstić information content (AvgIpc) is 3.14. The standard InChI is InChI=1S/C17H18F3N5O3S/c1-2-14-22-23-16(29-14)21-15(26)10-5-7-24(8-6-10)12-4-3-11(17(18,19)20)9-13(12)25(27)28/h3-4,9-10H,2,5-8H2,1H3,(H,21,23,26). The van der Waals surface area contributed by atoms with E-state index >= 15 is 0 Å². The van der Waals surface area contributed by atoms with Gasteiger partial charge in [0.25, 0.3) is 5.69 Å². The van der Waals surface area contributed by atoms with Gasteiger partial charge in [-0.05, 0) is 31.4 Å². The molecule has 2 heterocycles. The molecular weight excluding hydrogens is 411 g/mol. The molecule has 0 saturated carbocycles. The van der Waals surface area contributed by atoms with Crippen LogP contribution in [-0.4, -0.2) is 34.1 Å². The summed E-state index contributed by atoms with van der Waals surface area (Å²) in [6.07, 6.45) is -3.10. The zero-order valence-corrected chi connectivity index (χ0v) is 16.2. The number of rotatable bonds is 5. The van der Waals surface area contributed by atoms with Gasteiger partial charge in [0.1, 0.15) is 10.7 Å². The van der Waals surface area contributed by atoms with Crippen molar-refractivity contribution in [2.75, 3.05) is 23.3 Å². The van der Waals surface area contributed by atoms with Gasteiger partial charge in [0.05, 0.1) is 10.5 Å². The molecule has 0 radical (unpaired) electrons. The van der Waals surface area contributed by atoms with Crippen LogP contribution in [-0.2, 0) is 17.4 Å². The number of halogens is 3. The molecule has 1 N–H and O–H groups in total. The molecule has 1 aliphatic heterocycles. The van der Waals surface area contributed by atoms with E-state index in [1.54, 1.807) is 4.90 Å². The second-order valence-corrected chi connectivity index (χ2v) is 7.63. The number of nitrogens with one attached hydrogen (secondary N) is 1. The van der Waals surface area contributed by atoms with Gasteiger partial charge in [-0.15, -0.1) is 10.2 Å². The van der Waals surface area contributed by atoms with E-state index in [1.807, 2.05) is 6.92 Å². The first-order valence-electron chi connectivity index (χ1n) is 8.93. The fourth-order valence-electron chi connectivity index (χ4n) is 3.15. The van der Waals surface area contributed by atoms with Gasteiger partial charge in [0, 0.05) is 25.1 Å². The van der Waals surface area contributed by atoms with Gasteiger partial charge in [0.2, 0.25) is 11.0 Å². The molecule has 29 heavy (non-hydrogen) atoms. The van der Waals surface area contributed by atoms with Crippen molar-refractivity contribution in [2.45, 2.75) is 32.4 Å². The summed E-state index contributed by atoms with van der Waals surface area (Å²) in [5.74, 6) is -0.515. The van der Waals surface area contributed by atoms with Crippen LogP contribution in [0.5, 0.6) is 0 Å². The fourth-order valence-corrected chi connectivity index (χ4v) is 3.83. The van der Waals surface area contributed by atoms with Crippen LogP contribution < -0.4 is 10.2 Å². The van der Waals surface area contributed by atoms with Crippen molar-refractivity contribution in [2.24, 2.45) is 5.92 Å². The number of nitrogens with zero attached hydrogens (tertiary/aromatic N) is 4. The highest BCUT2D eigenvalue weighted by atomic mass is 32.1. The number of anilines is 2. The summed E-state index contributed by atoms with van der Waals surface area (Å²) in [6.45, 7) is 2.57. The highest BCUT2D eigenvalue weighted by Crippen LogP contribution is 2.37. The van der Waals surface area contributed by atoms with E-state index in [0.29, 0.717) is 37.1 Å². The number of piperidine rings is 1. The van der Waals surface area contributed by atoms with Crippen LogP contribution in [0.25, 0.3) is 0 Å². The van der Waals surface area contributed by atoms with Crippen molar-refractivity contribution >= 4 is 33.8 Å². The minimum absolute atomic E-state index is 0.124. The summed E-state index contributed by atoms with van der Waals surface area (Å²) >= 11 is 1.30. The van der Waals surface area contributed by atoms with Gasteiger partial charge in [-0.2, -0.15) is 13.2 Å². The van der Waals surface area contributed by atoms with Crippen molar-refractivity contribution in [3.63, 3.8) is 0 Å². The number of aryl methyl sites for hydroxylation is 1. The van der Waals surface area contributed by atoms with Crippen LogP contribution >= 0.6 is 11.3 Å². The Labute approximate surface area is 167 Å². The molecule has 1 amide bonds. The van der Waals surface area contributed by atoms with E-state index in [2.05, 4.69) is 15.5 Å². The van der Waals surface area contributed by atoms with Crippen molar-refractivity contribution in [3.8, 4) is 0 Å². The van der Waals surface area contributed by atoms with Gasteiger partial charge in [-0.3, -0.25) is 14.9 Å². The van der Waals surface area contributed by atoms with E-state index in [-0.39, 0.29) is 17.5 Å². The van der Waals surface area contributed by atoms with Crippen LogP contribution in [0.15, 0.2) is 18.2 Å². The van der Waals surface area contributed by atoms with Gasteiger partial charge in [0.15, 0.2) is 0 Å². The fraction of sp³-hybridized carbons (Fsp3) is 0.471. The number of benzene rings is 1. The molecule has 2 aromatic rings. The minimum atomic E-state index is -4.66. The third-order valence-corrected chi connectivity index (χ3v) is 5.69. The highest BCUT2D eigenvalue weighted by Gasteiger charge is 2.35. The number of alkyl halides is 3. The van der Waals surface area contributed by atoms with E-state index < -0.39 is 22.4 Å². The number of aromatic nitrogens is 2. The van der Waals surface area contributed by atoms with Crippen LogP contribution in [0.4, 0.5) is 29.7 Å². The van der Waals surface area contributed by atoms with Crippen LogP contribution in [0.3, 0.4) is 0 Å². The van der Waals surface area contributed by atoms with Crippen molar-refractivity contribution in [1.29, 1.82) is 0 Å². The van der Waals surface area contributed by atoms with E-state index in [0.717, 1.165) is 23.6 Å². The molecule has 1 saturated heterocycles. The van der Waals surface area contributed by atoms with E-state index in [9.17, 15) is 28.1 Å². The Kier molecular flexibility index (Phi) is 6.01. The number of amides is 1. The third-order valence-electron chi connectivity index (χ3n) is 4.71. The maximum absolute atomic E-state index is 12.9. The molecule has 156 valence electrons. The quantitative estimate of drug-likeness (QED) is 0.572. The molecule has 1 aromatic heterocycles. The summed E-state index contributed by atoms with van der Waals surface area (Å²) in [5, 5.41) is 23.1. The smallest absolute Gasteiger partial charge is 0.366 e. The lowest BCUT2D eigenvalue weighted by Crippen LogP contribution is -2.38. The topological polar surface area (TPSA) is 101 Å². The van der Waals surface area contributed by atoms with Gasteiger partial charge < -0.3 is 10.2 Å². The first-order chi connectivity index (χ1) is 13.7. The van der Waals surface area contributed by atoms with Gasteiger partial charge >= 0.3 is 6.18 Å². The Morgan fingerprint density at radius 2 is 2.03 bits per heavy atom. The molecule has 8 nitrogen and oxygen atoms in total. The summed E-state index contributed by atoms with van der Waals surface area (Å²) < 4.78 is 38.6. The second kappa shape index (κ2) is 8.31. The lowest BCUT2D eigenvalue weighted by atomic mass is 9.95. The number of hydrogen-bond acceptors (Lipinski definition) is 7. The normalized spacial score (nSPS) is 15.4. The Hall–Kier alpha value is -2.76. The SMILES string of the molecule is CCc1nnc(NC(=O)C2CCN(c3ccc(C(F)(F)F)cc3[N+](=O)[O-])CC2)s1. The molecule has 0 bridgehead atoms. The second-order valence-electron chi connectivity index (χ2n) is 6.56. The first kappa shape index (κ1) is 21.0. The highest BCUT2D eigenvalue weighted by molar-refractivity contribution is 7.15. The van der Waals surface area contributed by atoms with Crippen molar-refractivity contribution < 1.29 is 22.9 Å². The Morgan fingerprint density at radius 1 is 1.34 bits per heavy atom. The number of hydrogen-bond donors (Lipinski definition) is 1. The zero-order chi connectivity index (χ0) is 21.2. The summed E-state index contributed by atoms with van der Waals surface area (Å²) in [6, 6.07) is 2.51. The molecule has 0 spiro atoms. The first-order valence-corrected chi connectivity index (χ1v) is 9.74. The molecular formula is C17H18F3N5O3S. The molecule has 1 fully saturated rings. The molecule has 0 atom stereocenters. The summed E-state index contributed by atoms with van der Waals surface area (Å²) in [4.78, 5) is 24.5. The lowest BCUT2D eigenvalue weighted by molar-refractivity contribution is -0.384. The van der Waals surface area contributed by atoms with Crippen molar-refractivity contribution in [1.82, 2.24) is 10.2 Å². The predicted octanol–water partition coefficient (Wildman–Crippen LogP) is 3.88. The Morgan fingerprint density at radius 3 is 2.59 bits per heavy atom. The van der Waals surface area contributed by atoms with E-state index in [4.69, 9.17) is 0 Å². The number of nitro benzene ring substituents is 1. The lowest BCUT2D eigenvalue weighted by Gasteiger charge is -2.32. The van der Waals surface area contributed by atoms with Crippen LogP contribution in [0.2, 0.25) is 0 Å². The maximum Gasteiger partial charge on any atom is 0.416 e. The predicted molar refractivity (Wildman–Crippen MR) is 101 cm³/mol. The van der Waals surface area contributed by atoms with E-state index in [1.165, 1.54) is 11.3 Å². The molecule has 0 unspecified atom stereocenters. The van der Waals surface area contributed by atoms with Crippen LogP contribution in [0.1, 0.15) is 30.3 Å². The van der Waals surface area contributed by atoms with Gasteiger partial charge in [-0.1, -0.05) is 18.3 Å². The largest absolute Gasteiger partial charge is 0.416 e. The monoisotopic (exact) mass is 429 g/mol. The Balaban J connectivity index is 1.67.